The monoisotopic (exact) mass is 759 g/mol. The molecule has 1 heterocycles. The van der Waals surface area contributed by atoms with Crippen molar-refractivity contribution in [1.82, 2.24) is 4.72 Å². The predicted molar refractivity (Wildman–Crippen MR) is 176 cm³/mol. The van der Waals surface area contributed by atoms with Gasteiger partial charge in [-0.15, -0.1) is 0 Å². The fraction of sp³-hybridized carbons (Fsp3) is 0.774. The van der Waals surface area contributed by atoms with Gasteiger partial charge in [0.05, 0.1) is 18.8 Å². The largest absolute Gasteiger partial charge is 1.00 e. The molecule has 2 rings (SSSR count). The first-order valence-corrected chi connectivity index (χ1v) is 20.7. The van der Waals surface area contributed by atoms with E-state index in [0.29, 0.717) is 12.8 Å². The van der Waals surface area contributed by atoms with Gasteiger partial charge >= 0.3 is 59.1 Å². The van der Waals surface area contributed by atoms with Crippen molar-refractivity contribution in [2.24, 2.45) is 0 Å². The van der Waals surface area contributed by atoms with Crippen LogP contribution in [0.5, 0.6) is 0 Å². The molecule has 0 bridgehead atoms. The van der Waals surface area contributed by atoms with Crippen LogP contribution < -0.4 is 63.8 Å². The van der Waals surface area contributed by atoms with Gasteiger partial charge in [0.15, 0.2) is 0 Å². The number of unbranched alkanes of at least 4 members (excludes halogenated alkanes) is 18. The minimum atomic E-state index is -4.48. The number of nitrogens with one attached hydrogen (secondary N) is 1. The second-order valence-corrected chi connectivity index (χ2v) is 15.0. The molecule has 0 fully saturated rings. The van der Waals surface area contributed by atoms with E-state index < -0.39 is 36.7 Å². The summed E-state index contributed by atoms with van der Waals surface area (Å²) in [4.78, 5) is 11.1. The summed E-state index contributed by atoms with van der Waals surface area (Å²) in [6.07, 6.45) is 23.4. The van der Waals surface area contributed by atoms with E-state index in [1.807, 2.05) is 4.72 Å². The van der Waals surface area contributed by atoms with Crippen molar-refractivity contribution in [2.45, 2.75) is 147 Å². The van der Waals surface area contributed by atoms with E-state index in [0.717, 1.165) is 25.7 Å². The summed E-state index contributed by atoms with van der Waals surface area (Å²) in [5.74, 6) is -0.550. The minimum Gasteiger partial charge on any atom is -0.726 e. The molecule has 270 valence electrons. The maximum absolute atomic E-state index is 11.1. The van der Waals surface area contributed by atoms with Crippen LogP contribution in [0.2, 0.25) is 0 Å². The molecule has 0 spiro atoms. The van der Waals surface area contributed by atoms with Crippen molar-refractivity contribution in [3.05, 3.63) is 29.8 Å². The summed E-state index contributed by atoms with van der Waals surface area (Å²) in [7, 11) is -12.5. The third-order valence-electron chi connectivity index (χ3n) is 7.10. The number of sulfonamides is 1. The van der Waals surface area contributed by atoms with Crippen molar-refractivity contribution >= 4 is 36.7 Å². The van der Waals surface area contributed by atoms with Crippen molar-refractivity contribution in [3.8, 4) is 0 Å². The van der Waals surface area contributed by atoms with Gasteiger partial charge in [-0.05, 0) is 25.0 Å². The minimum absolute atomic E-state index is 0. The van der Waals surface area contributed by atoms with E-state index in [1.165, 1.54) is 102 Å². The summed E-state index contributed by atoms with van der Waals surface area (Å²) >= 11 is 0. The van der Waals surface area contributed by atoms with Crippen LogP contribution in [-0.4, -0.2) is 53.5 Å². The molecule has 0 aliphatic carbocycles. The Balaban J connectivity index is -0.000000627. The molecular formula is C31H55NNa2O11S3. The molecule has 0 unspecified atom stereocenters. The Hall–Kier alpha value is 0.380. The van der Waals surface area contributed by atoms with E-state index in [1.54, 1.807) is 12.1 Å². The van der Waals surface area contributed by atoms with Crippen LogP contribution >= 0.6 is 0 Å². The van der Waals surface area contributed by atoms with E-state index in [-0.39, 0.29) is 82.8 Å². The Labute approximate surface area is 335 Å². The van der Waals surface area contributed by atoms with Crippen LogP contribution in [-0.2, 0) is 39.2 Å². The molecule has 12 nitrogen and oxygen atoms in total. The molecule has 17 heteroatoms. The fourth-order valence-corrected chi connectivity index (χ4v) is 6.44. The molecule has 0 aromatic heterocycles. The number of fused-ring (bicyclic) bond motifs is 1. The normalized spacial score (nSPS) is 13.0. The van der Waals surface area contributed by atoms with Crippen LogP contribution in [0, 0.1) is 0 Å². The van der Waals surface area contributed by atoms with Crippen LogP contribution in [0.3, 0.4) is 0 Å². The number of benzene rings is 1. The van der Waals surface area contributed by atoms with Gasteiger partial charge in [-0.25, -0.2) is 30.0 Å². The van der Waals surface area contributed by atoms with E-state index in [2.05, 4.69) is 22.2 Å². The molecule has 0 atom stereocenters. The number of carbonyl (C=O) groups excluding carboxylic acids is 1. The Morgan fingerprint density at radius 3 is 1.21 bits per heavy atom. The van der Waals surface area contributed by atoms with Crippen LogP contribution in [0.15, 0.2) is 29.2 Å². The number of rotatable bonds is 24. The van der Waals surface area contributed by atoms with Gasteiger partial charge < -0.3 is 9.11 Å². The van der Waals surface area contributed by atoms with Crippen LogP contribution in [0.25, 0.3) is 0 Å². The Morgan fingerprint density at radius 2 is 0.896 bits per heavy atom. The van der Waals surface area contributed by atoms with Gasteiger partial charge in [0, 0.05) is 0 Å². The molecular weight excluding hydrogens is 705 g/mol. The molecule has 1 N–H and O–H groups in total. The number of hydrogen-bond acceptors (Lipinski definition) is 11. The van der Waals surface area contributed by atoms with Gasteiger partial charge in [0.25, 0.3) is 15.9 Å². The van der Waals surface area contributed by atoms with Crippen molar-refractivity contribution in [2.75, 3.05) is 13.2 Å². The maximum atomic E-state index is 11.1. The summed E-state index contributed by atoms with van der Waals surface area (Å²) in [5.41, 5.74) is 0.220. The van der Waals surface area contributed by atoms with Crippen LogP contribution in [0.1, 0.15) is 153 Å². The van der Waals surface area contributed by atoms with Gasteiger partial charge in [0.1, 0.15) is 4.90 Å². The topological polar surface area (TPSA) is 196 Å². The molecule has 0 saturated heterocycles. The molecule has 0 saturated carbocycles. The zero-order valence-corrected chi connectivity index (χ0v) is 36.0. The summed E-state index contributed by atoms with van der Waals surface area (Å²) in [5, 5.41) is 0. The van der Waals surface area contributed by atoms with Crippen molar-refractivity contribution in [3.63, 3.8) is 0 Å². The zero-order chi connectivity index (χ0) is 34.7. The quantitative estimate of drug-likeness (QED) is 0.0681. The number of amides is 1. The molecule has 1 aliphatic heterocycles. The first-order chi connectivity index (χ1) is 21.7. The average Bonchev–Trinajstić information content (AvgIpc) is 3.22. The average molecular weight is 760 g/mol. The first kappa shape index (κ1) is 52.7. The standard InChI is InChI=1S/2C12H26O4S.C7H5NO3S.2Na/c2*1-2-3-4-5-6-7-8-9-10-11-12-16-17(13,14)15;9-7-5-3-1-2-4-6(5)12(10,11)8-7;;/h2*2-12H2,1H3,(H,13,14,15);1-4H,(H,8,9);;/q;;;2*+1/p-2. The van der Waals surface area contributed by atoms with Gasteiger partial charge in [-0.2, -0.15) is 0 Å². The molecule has 1 aromatic carbocycles. The third-order valence-corrected chi connectivity index (χ3v) is 9.40. The number of hydrogen-bond donors (Lipinski definition) is 1. The molecule has 48 heavy (non-hydrogen) atoms. The van der Waals surface area contributed by atoms with Gasteiger partial charge in [-0.1, -0.05) is 142 Å². The Morgan fingerprint density at radius 1 is 0.583 bits per heavy atom. The third kappa shape index (κ3) is 32.3. The van der Waals surface area contributed by atoms with E-state index in [4.69, 9.17) is 0 Å². The molecule has 0 radical (unpaired) electrons. The fourth-order valence-electron chi connectivity index (χ4n) is 4.62. The second kappa shape index (κ2) is 32.1. The predicted octanol–water partition coefficient (Wildman–Crippen LogP) is 0.895. The van der Waals surface area contributed by atoms with Gasteiger partial charge in [-0.3, -0.25) is 13.2 Å². The van der Waals surface area contributed by atoms with Crippen LogP contribution in [0.4, 0.5) is 0 Å². The van der Waals surface area contributed by atoms with E-state index in [9.17, 15) is 39.2 Å². The summed E-state index contributed by atoms with van der Waals surface area (Å²) in [6.45, 7) is 4.49. The zero-order valence-electron chi connectivity index (χ0n) is 29.6. The maximum Gasteiger partial charge on any atom is 1.00 e. The van der Waals surface area contributed by atoms with E-state index >= 15 is 0 Å². The first-order valence-electron chi connectivity index (χ1n) is 16.6. The van der Waals surface area contributed by atoms with Crippen molar-refractivity contribution in [1.29, 1.82) is 0 Å². The molecule has 1 amide bonds. The Bertz CT molecular complexity index is 1210. The number of carbonyl (C=O) groups is 1. The summed E-state index contributed by atoms with van der Waals surface area (Å²) in [6, 6.07) is 6.09. The molecule has 1 aromatic rings. The Kier molecular flexibility index (Phi) is 35.2. The smallest absolute Gasteiger partial charge is 0.726 e. The van der Waals surface area contributed by atoms with Crippen molar-refractivity contribution < 1.29 is 107 Å². The SMILES string of the molecule is CCCCCCCCCCCCOS(=O)(=O)[O-].CCCCCCCCCCCCOS(=O)(=O)[O-].O=C1NS(=O)(=O)c2ccccc21.[Na+].[Na+]. The molecule has 1 aliphatic rings. The summed E-state index contributed by atoms with van der Waals surface area (Å²) < 4.78 is 93.1. The van der Waals surface area contributed by atoms with Gasteiger partial charge in [0.2, 0.25) is 20.8 Å². The second-order valence-electron chi connectivity index (χ2n) is 11.3.